The Hall–Kier alpha value is -2.73. The molecule has 0 spiro atoms. The molecule has 0 unspecified atom stereocenters. The van der Waals surface area contributed by atoms with Gasteiger partial charge in [0, 0.05) is 30.1 Å². The quantitative estimate of drug-likeness (QED) is 0.672. The summed E-state index contributed by atoms with van der Waals surface area (Å²) < 4.78 is 14.0. The lowest BCUT2D eigenvalue weighted by Gasteiger charge is -2.37. The Bertz CT molecular complexity index is 1080. The molecule has 2 aliphatic heterocycles. The van der Waals surface area contributed by atoms with Gasteiger partial charge in [-0.25, -0.2) is 4.39 Å². The first kappa shape index (κ1) is 15.5. The highest BCUT2D eigenvalue weighted by Crippen LogP contribution is 2.43. The van der Waals surface area contributed by atoms with Crippen molar-refractivity contribution in [3.05, 3.63) is 71.2 Å². The Balaban J connectivity index is 1.79. The largest absolute Gasteiger partial charge is 0.356 e. The van der Waals surface area contributed by atoms with Gasteiger partial charge < -0.3 is 9.88 Å². The summed E-state index contributed by atoms with van der Waals surface area (Å²) in [7, 11) is 1.71. The Morgan fingerprint density at radius 3 is 2.81 bits per heavy atom. The fourth-order valence-corrected chi connectivity index (χ4v) is 4.55. The van der Waals surface area contributed by atoms with Gasteiger partial charge in [0.2, 0.25) is 0 Å². The van der Waals surface area contributed by atoms with E-state index in [4.69, 9.17) is 12.2 Å². The Morgan fingerprint density at radius 1 is 1.19 bits per heavy atom. The van der Waals surface area contributed by atoms with Gasteiger partial charge in [0.1, 0.15) is 11.9 Å². The summed E-state index contributed by atoms with van der Waals surface area (Å²) in [6.45, 7) is 0. The molecule has 1 fully saturated rings. The van der Waals surface area contributed by atoms with Gasteiger partial charge in [-0.3, -0.25) is 9.69 Å². The number of para-hydroxylation sites is 1. The molecule has 3 heterocycles. The molecule has 26 heavy (non-hydrogen) atoms. The van der Waals surface area contributed by atoms with Gasteiger partial charge >= 0.3 is 0 Å². The number of benzene rings is 2. The zero-order chi connectivity index (χ0) is 18.0. The van der Waals surface area contributed by atoms with Gasteiger partial charge in [0.05, 0.1) is 6.04 Å². The van der Waals surface area contributed by atoms with E-state index in [1.807, 2.05) is 29.2 Å². The zero-order valence-electron chi connectivity index (χ0n) is 14.1. The van der Waals surface area contributed by atoms with Crippen molar-refractivity contribution in [3.8, 4) is 0 Å². The van der Waals surface area contributed by atoms with Crippen LogP contribution in [0.25, 0.3) is 10.9 Å². The van der Waals surface area contributed by atoms with Crippen molar-refractivity contribution in [3.63, 3.8) is 0 Å². The third-order valence-corrected chi connectivity index (χ3v) is 5.90. The molecule has 6 heteroatoms. The molecule has 4 nitrogen and oxygen atoms in total. The molecule has 130 valence electrons. The fourth-order valence-electron chi connectivity index (χ4n) is 4.23. The second kappa shape index (κ2) is 5.38. The van der Waals surface area contributed by atoms with E-state index in [9.17, 15) is 9.18 Å². The summed E-state index contributed by atoms with van der Waals surface area (Å²) in [6, 6.07) is 13.9. The van der Waals surface area contributed by atoms with Gasteiger partial charge in [-0.15, -0.1) is 0 Å². The second-order valence-electron chi connectivity index (χ2n) is 6.83. The van der Waals surface area contributed by atoms with Gasteiger partial charge in [-0.1, -0.05) is 30.3 Å². The molecular formula is C20H16FN3OS. The Labute approximate surface area is 155 Å². The lowest BCUT2D eigenvalue weighted by Crippen LogP contribution is -2.44. The van der Waals surface area contributed by atoms with Crippen molar-refractivity contribution in [2.24, 2.45) is 0 Å². The number of nitrogens with one attached hydrogen (secondary N) is 1. The number of likely N-dealkylation sites (N-methyl/N-ethyl adjacent to an activating group) is 1. The molecule has 0 aliphatic carbocycles. The second-order valence-corrected chi connectivity index (χ2v) is 7.19. The molecule has 2 aliphatic rings. The van der Waals surface area contributed by atoms with Crippen LogP contribution in [0.5, 0.6) is 0 Å². The van der Waals surface area contributed by atoms with Crippen LogP contribution >= 0.6 is 12.2 Å². The number of aromatic nitrogens is 1. The number of rotatable bonds is 1. The van der Waals surface area contributed by atoms with E-state index >= 15 is 0 Å². The van der Waals surface area contributed by atoms with Gasteiger partial charge in [-0.2, -0.15) is 0 Å². The molecule has 0 saturated carbocycles. The summed E-state index contributed by atoms with van der Waals surface area (Å²) in [6.07, 6.45) is 0.592. The van der Waals surface area contributed by atoms with Crippen molar-refractivity contribution >= 4 is 34.1 Å². The van der Waals surface area contributed by atoms with Crippen LogP contribution in [0.1, 0.15) is 22.9 Å². The molecular weight excluding hydrogens is 349 g/mol. The van der Waals surface area contributed by atoms with Gasteiger partial charge in [-0.05, 0) is 41.5 Å². The van der Waals surface area contributed by atoms with E-state index in [0.717, 1.165) is 27.7 Å². The molecule has 1 aromatic heterocycles. The third kappa shape index (κ3) is 1.99. The maximum Gasteiger partial charge on any atom is 0.251 e. The smallest absolute Gasteiger partial charge is 0.251 e. The maximum absolute atomic E-state index is 14.0. The number of hydrogen-bond donors (Lipinski definition) is 1. The molecule has 0 radical (unpaired) electrons. The highest BCUT2D eigenvalue weighted by atomic mass is 32.1. The number of fused-ring (bicyclic) bond motifs is 4. The summed E-state index contributed by atoms with van der Waals surface area (Å²) >= 11 is 5.56. The van der Waals surface area contributed by atoms with Gasteiger partial charge in [0.25, 0.3) is 5.91 Å². The van der Waals surface area contributed by atoms with Crippen molar-refractivity contribution in [1.82, 2.24) is 14.8 Å². The number of hydrogen-bond acceptors (Lipinski definition) is 2. The molecule has 2 aromatic carbocycles. The van der Waals surface area contributed by atoms with Crippen LogP contribution in [0.2, 0.25) is 0 Å². The maximum atomic E-state index is 14.0. The van der Waals surface area contributed by atoms with Crippen molar-refractivity contribution in [2.45, 2.75) is 18.5 Å². The van der Waals surface area contributed by atoms with E-state index in [1.54, 1.807) is 13.1 Å². The fraction of sp³-hybridized carbons (Fsp3) is 0.200. The van der Waals surface area contributed by atoms with Crippen LogP contribution in [0.3, 0.4) is 0 Å². The number of carbonyl (C=O) groups excluding carboxylic acids is 1. The highest BCUT2D eigenvalue weighted by Gasteiger charge is 2.49. The van der Waals surface area contributed by atoms with E-state index in [1.165, 1.54) is 17.0 Å². The predicted octanol–water partition coefficient (Wildman–Crippen LogP) is 3.38. The first-order valence-electron chi connectivity index (χ1n) is 8.51. The summed E-state index contributed by atoms with van der Waals surface area (Å²) in [4.78, 5) is 19.7. The average molecular weight is 365 g/mol. The Morgan fingerprint density at radius 2 is 2.00 bits per heavy atom. The van der Waals surface area contributed by atoms with Crippen molar-refractivity contribution < 1.29 is 9.18 Å². The van der Waals surface area contributed by atoms with Crippen LogP contribution in [-0.4, -0.2) is 38.9 Å². The topological polar surface area (TPSA) is 39.3 Å². The Kier molecular flexibility index (Phi) is 3.21. The highest BCUT2D eigenvalue weighted by molar-refractivity contribution is 7.80. The first-order chi connectivity index (χ1) is 12.6. The zero-order valence-corrected chi connectivity index (χ0v) is 14.9. The van der Waals surface area contributed by atoms with Crippen LogP contribution in [0.4, 0.5) is 4.39 Å². The average Bonchev–Trinajstić information content (AvgIpc) is 3.12. The van der Waals surface area contributed by atoms with Crippen molar-refractivity contribution in [1.29, 1.82) is 0 Å². The van der Waals surface area contributed by atoms with E-state index in [0.29, 0.717) is 11.5 Å². The van der Waals surface area contributed by atoms with Crippen molar-refractivity contribution in [2.75, 3.05) is 7.05 Å². The minimum atomic E-state index is -0.354. The summed E-state index contributed by atoms with van der Waals surface area (Å²) in [5.74, 6) is -0.306. The van der Waals surface area contributed by atoms with E-state index in [2.05, 4.69) is 11.1 Å². The number of halogens is 1. The molecule has 2 atom stereocenters. The summed E-state index contributed by atoms with van der Waals surface area (Å²) in [5.41, 5.74) is 3.90. The molecule has 5 rings (SSSR count). The number of aromatic amines is 1. The lowest BCUT2D eigenvalue weighted by molar-refractivity contribution is -0.127. The van der Waals surface area contributed by atoms with Gasteiger partial charge in [0.15, 0.2) is 5.11 Å². The lowest BCUT2D eigenvalue weighted by atomic mass is 9.89. The van der Waals surface area contributed by atoms with Crippen LogP contribution in [0.15, 0.2) is 48.5 Å². The molecule has 3 aromatic rings. The molecule has 1 saturated heterocycles. The first-order valence-corrected chi connectivity index (χ1v) is 8.92. The van der Waals surface area contributed by atoms with Crippen LogP contribution in [-0.2, 0) is 11.2 Å². The minimum Gasteiger partial charge on any atom is -0.356 e. The SMILES string of the molecule is CN1C(=O)[C@@H]2Cc3c([nH]c4ccccc34)[C@@H](c3cccc(F)c3)N2C1=S. The van der Waals surface area contributed by atoms with E-state index < -0.39 is 0 Å². The minimum absolute atomic E-state index is 0.00710. The third-order valence-electron chi connectivity index (χ3n) is 5.42. The molecule has 1 N–H and O–H groups in total. The number of nitrogens with zero attached hydrogens (tertiary/aromatic N) is 2. The van der Waals surface area contributed by atoms with Crippen LogP contribution in [0, 0.1) is 5.82 Å². The molecule has 0 bridgehead atoms. The monoisotopic (exact) mass is 365 g/mol. The number of carbonyl (C=O) groups is 1. The number of thiocarbonyl (C=S) groups is 1. The standard InChI is InChI=1S/C20H16FN3OS/c1-23-19(25)16-10-14-13-7-2-3-8-15(13)22-17(14)18(24(16)20(23)26)11-5-4-6-12(21)9-11/h2-9,16,18,22H,10H2,1H3/t16-,18+/m0/s1. The number of H-pyrrole nitrogens is 1. The normalized spacial score (nSPS) is 22.1. The van der Waals surface area contributed by atoms with Crippen LogP contribution < -0.4 is 0 Å². The predicted molar refractivity (Wildman–Crippen MR) is 101 cm³/mol. The number of amides is 1. The summed E-state index contributed by atoms with van der Waals surface area (Å²) in [5, 5.41) is 1.59. The molecule has 1 amide bonds. The van der Waals surface area contributed by atoms with E-state index in [-0.39, 0.29) is 23.8 Å².